The second-order valence-corrected chi connectivity index (χ2v) is 6.08. The molecule has 1 N–H and O–H groups in total. The Bertz CT molecular complexity index is 579. The van der Waals surface area contributed by atoms with Crippen LogP contribution in [0, 0.1) is 0 Å². The Kier molecular flexibility index (Phi) is 4.01. The third kappa shape index (κ3) is 3.01. The zero-order chi connectivity index (χ0) is 13.8. The van der Waals surface area contributed by atoms with Gasteiger partial charge in [0, 0.05) is 24.2 Å². The largest absolute Gasteiger partial charge is 0.350 e. The molecule has 1 saturated heterocycles. The molecule has 3 rings (SSSR count). The van der Waals surface area contributed by atoms with Crippen LogP contribution in [0.1, 0.15) is 23.3 Å². The lowest BCUT2D eigenvalue weighted by Gasteiger charge is -2.10. The van der Waals surface area contributed by atoms with Gasteiger partial charge in [0.15, 0.2) is 5.82 Å². The summed E-state index contributed by atoms with van der Waals surface area (Å²) in [5, 5.41) is 7.63. The third-order valence-electron chi connectivity index (χ3n) is 3.22. The van der Waals surface area contributed by atoms with E-state index >= 15 is 0 Å². The smallest absolute Gasteiger partial charge is 0.270 e. The van der Waals surface area contributed by atoms with Gasteiger partial charge in [-0.15, -0.1) is 0 Å². The monoisotopic (exact) mass is 288 g/mol. The standard InChI is InChI=1S/C14H16N4OS/c19-14(15-10-11-4-2-9-20-11)12-5-1-6-13(17-12)18-8-3-7-16-18/h1,3,5-8,11H,2,4,9-10H2,(H,15,19)/t11-/m0/s1. The van der Waals surface area contributed by atoms with E-state index in [-0.39, 0.29) is 5.91 Å². The second-order valence-electron chi connectivity index (χ2n) is 4.68. The summed E-state index contributed by atoms with van der Waals surface area (Å²) in [6, 6.07) is 7.20. The summed E-state index contributed by atoms with van der Waals surface area (Å²) in [5.74, 6) is 1.73. The van der Waals surface area contributed by atoms with Gasteiger partial charge in [0.1, 0.15) is 5.69 Å². The quantitative estimate of drug-likeness (QED) is 0.933. The van der Waals surface area contributed by atoms with E-state index in [4.69, 9.17) is 0 Å². The Labute approximate surface area is 121 Å². The van der Waals surface area contributed by atoms with Crippen LogP contribution in [0.5, 0.6) is 0 Å². The van der Waals surface area contributed by atoms with Crippen molar-refractivity contribution in [1.82, 2.24) is 20.1 Å². The van der Waals surface area contributed by atoms with Crippen molar-refractivity contribution in [2.75, 3.05) is 12.3 Å². The number of carbonyl (C=O) groups excluding carboxylic acids is 1. The molecule has 0 saturated carbocycles. The average Bonchev–Trinajstić information content (AvgIpc) is 3.18. The minimum absolute atomic E-state index is 0.119. The number of nitrogens with zero attached hydrogens (tertiary/aromatic N) is 3. The van der Waals surface area contributed by atoms with Crippen molar-refractivity contribution < 1.29 is 4.79 Å². The summed E-state index contributed by atoms with van der Waals surface area (Å²) in [6.45, 7) is 0.719. The summed E-state index contributed by atoms with van der Waals surface area (Å²) in [4.78, 5) is 16.5. The Morgan fingerprint density at radius 2 is 2.40 bits per heavy atom. The van der Waals surface area contributed by atoms with Crippen LogP contribution in [0.25, 0.3) is 5.82 Å². The van der Waals surface area contributed by atoms with E-state index in [1.54, 1.807) is 23.1 Å². The number of hydrogen-bond acceptors (Lipinski definition) is 4. The van der Waals surface area contributed by atoms with Crippen LogP contribution < -0.4 is 5.32 Å². The van der Waals surface area contributed by atoms with Crippen LogP contribution in [0.3, 0.4) is 0 Å². The first kappa shape index (κ1) is 13.2. The summed E-state index contributed by atoms with van der Waals surface area (Å²) >= 11 is 1.93. The number of amides is 1. The minimum atomic E-state index is -0.119. The van der Waals surface area contributed by atoms with E-state index in [0.29, 0.717) is 16.8 Å². The van der Waals surface area contributed by atoms with Crippen molar-refractivity contribution in [1.29, 1.82) is 0 Å². The maximum atomic E-state index is 12.1. The van der Waals surface area contributed by atoms with Crippen molar-refractivity contribution in [2.24, 2.45) is 0 Å². The van der Waals surface area contributed by atoms with Gasteiger partial charge in [0.25, 0.3) is 5.91 Å². The SMILES string of the molecule is O=C(NC[C@@H]1CCCS1)c1cccc(-n2cccn2)n1. The molecule has 2 aromatic rings. The lowest BCUT2D eigenvalue weighted by molar-refractivity contribution is 0.0948. The van der Waals surface area contributed by atoms with Gasteiger partial charge >= 0.3 is 0 Å². The highest BCUT2D eigenvalue weighted by Gasteiger charge is 2.17. The van der Waals surface area contributed by atoms with Crippen LogP contribution in [-0.2, 0) is 0 Å². The lowest BCUT2D eigenvalue weighted by atomic mass is 10.2. The Hall–Kier alpha value is -1.82. The van der Waals surface area contributed by atoms with Crippen LogP contribution in [0.15, 0.2) is 36.7 Å². The van der Waals surface area contributed by atoms with Crippen molar-refractivity contribution >= 4 is 17.7 Å². The summed E-state index contributed by atoms with van der Waals surface area (Å²) in [6.07, 6.45) is 5.93. The van der Waals surface area contributed by atoms with Crippen LogP contribution in [0.2, 0.25) is 0 Å². The molecular weight excluding hydrogens is 272 g/mol. The van der Waals surface area contributed by atoms with Gasteiger partial charge in [-0.25, -0.2) is 9.67 Å². The van der Waals surface area contributed by atoms with E-state index in [1.165, 1.54) is 18.6 Å². The molecule has 5 nitrogen and oxygen atoms in total. The van der Waals surface area contributed by atoms with Crippen LogP contribution in [-0.4, -0.2) is 38.2 Å². The van der Waals surface area contributed by atoms with E-state index in [9.17, 15) is 4.79 Å². The number of aromatic nitrogens is 3. The highest BCUT2D eigenvalue weighted by atomic mass is 32.2. The van der Waals surface area contributed by atoms with Gasteiger partial charge in [-0.2, -0.15) is 16.9 Å². The molecule has 20 heavy (non-hydrogen) atoms. The molecule has 104 valence electrons. The van der Waals surface area contributed by atoms with Crippen LogP contribution >= 0.6 is 11.8 Å². The number of thioether (sulfide) groups is 1. The summed E-state index contributed by atoms with van der Waals surface area (Å²) in [5.41, 5.74) is 0.431. The molecule has 1 amide bonds. The van der Waals surface area contributed by atoms with Gasteiger partial charge in [-0.1, -0.05) is 6.07 Å². The first-order chi connectivity index (χ1) is 9.83. The molecule has 6 heteroatoms. The number of pyridine rings is 1. The van der Waals surface area contributed by atoms with E-state index in [0.717, 1.165) is 6.54 Å². The van der Waals surface area contributed by atoms with Gasteiger partial charge in [0.05, 0.1) is 0 Å². The Balaban J connectivity index is 1.66. The molecule has 1 atom stereocenters. The van der Waals surface area contributed by atoms with Gasteiger partial charge in [-0.05, 0) is 36.8 Å². The van der Waals surface area contributed by atoms with Crippen molar-refractivity contribution in [2.45, 2.75) is 18.1 Å². The van der Waals surface area contributed by atoms with Crippen molar-refractivity contribution in [3.8, 4) is 5.82 Å². The summed E-state index contributed by atoms with van der Waals surface area (Å²) < 4.78 is 1.64. The average molecular weight is 288 g/mol. The zero-order valence-corrected chi connectivity index (χ0v) is 11.8. The fourth-order valence-electron chi connectivity index (χ4n) is 2.18. The van der Waals surface area contributed by atoms with E-state index < -0.39 is 0 Å². The Morgan fingerprint density at radius 1 is 1.45 bits per heavy atom. The maximum absolute atomic E-state index is 12.1. The fourth-order valence-corrected chi connectivity index (χ4v) is 3.39. The van der Waals surface area contributed by atoms with E-state index in [2.05, 4.69) is 15.4 Å². The van der Waals surface area contributed by atoms with Gasteiger partial charge in [0.2, 0.25) is 0 Å². The molecule has 1 fully saturated rings. The number of carbonyl (C=O) groups is 1. The number of nitrogens with one attached hydrogen (secondary N) is 1. The maximum Gasteiger partial charge on any atom is 0.270 e. The number of hydrogen-bond donors (Lipinski definition) is 1. The topological polar surface area (TPSA) is 59.8 Å². The molecule has 0 aromatic carbocycles. The first-order valence-electron chi connectivity index (χ1n) is 6.70. The molecule has 0 aliphatic carbocycles. The summed E-state index contributed by atoms with van der Waals surface area (Å²) in [7, 11) is 0. The molecule has 0 radical (unpaired) electrons. The molecule has 0 unspecified atom stereocenters. The fraction of sp³-hybridized carbons (Fsp3) is 0.357. The zero-order valence-electron chi connectivity index (χ0n) is 11.0. The van der Waals surface area contributed by atoms with Crippen LogP contribution in [0.4, 0.5) is 0 Å². The predicted octanol–water partition coefficient (Wildman–Crippen LogP) is 1.89. The lowest BCUT2D eigenvalue weighted by Crippen LogP contribution is -2.30. The molecular formula is C14H16N4OS. The first-order valence-corrected chi connectivity index (χ1v) is 7.75. The molecule has 1 aliphatic rings. The normalized spacial score (nSPS) is 18.1. The van der Waals surface area contributed by atoms with Crippen molar-refractivity contribution in [3.63, 3.8) is 0 Å². The highest BCUT2D eigenvalue weighted by Crippen LogP contribution is 2.25. The molecule has 3 heterocycles. The molecule has 0 bridgehead atoms. The molecule has 1 aliphatic heterocycles. The molecule has 0 spiro atoms. The third-order valence-corrected chi connectivity index (χ3v) is 4.62. The Morgan fingerprint density at radius 3 is 3.15 bits per heavy atom. The number of rotatable bonds is 4. The van der Waals surface area contributed by atoms with E-state index in [1.807, 2.05) is 30.0 Å². The van der Waals surface area contributed by atoms with Gasteiger partial charge in [-0.3, -0.25) is 4.79 Å². The van der Waals surface area contributed by atoms with Crippen molar-refractivity contribution in [3.05, 3.63) is 42.4 Å². The predicted molar refractivity (Wildman–Crippen MR) is 79.2 cm³/mol. The minimum Gasteiger partial charge on any atom is -0.350 e. The second kappa shape index (κ2) is 6.09. The highest BCUT2D eigenvalue weighted by molar-refractivity contribution is 8.00. The van der Waals surface area contributed by atoms with Gasteiger partial charge < -0.3 is 5.32 Å². The molecule has 2 aromatic heterocycles.